The van der Waals surface area contributed by atoms with Gasteiger partial charge < -0.3 is 30.3 Å². The van der Waals surface area contributed by atoms with Gasteiger partial charge in [-0.2, -0.15) is 23.5 Å². The number of hydrogen-bond donors (Lipinski definition) is 0. The third-order valence-corrected chi connectivity index (χ3v) is 1.11. The molecule has 0 saturated heterocycles. The molecule has 0 fully saturated rings. The molecule has 14 heavy (non-hydrogen) atoms. The van der Waals surface area contributed by atoms with Crippen molar-refractivity contribution >= 4 is 0 Å². The monoisotopic (exact) mass is 227 g/mol. The molecule has 2 aromatic carbocycles. The molecule has 0 N–H and O–H groups in total. The van der Waals surface area contributed by atoms with Crippen molar-refractivity contribution in [2.45, 2.75) is 6.92 Å². The second-order valence-electron chi connectivity index (χ2n) is 2.15. The van der Waals surface area contributed by atoms with Gasteiger partial charge in [0, 0.05) is 24.0 Å². The summed E-state index contributed by atoms with van der Waals surface area (Å²) in [5, 5.41) is 7.32. The quantitative estimate of drug-likeness (QED) is 0.500. The van der Waals surface area contributed by atoms with Gasteiger partial charge in [-0.1, -0.05) is 0 Å². The SMILES string of the molecule is CC#N.[Fe].[cH-]1[cH-][cH-][cH-][cH-]1.c1cc[cH-]c1. The Morgan fingerprint density at radius 3 is 1.36 bits per heavy atom. The van der Waals surface area contributed by atoms with E-state index in [1.807, 2.05) is 60.7 Å². The van der Waals surface area contributed by atoms with Crippen molar-refractivity contribution in [1.82, 2.24) is 0 Å². The van der Waals surface area contributed by atoms with Gasteiger partial charge >= 0.3 is 0 Å². The first kappa shape index (κ1) is 15.2. The molecule has 0 amide bonds. The third kappa shape index (κ3) is 13.3. The Balaban J connectivity index is 0. The molecular formula is C12H13FeN-6. The van der Waals surface area contributed by atoms with Crippen LogP contribution in [0.3, 0.4) is 0 Å². The molecule has 0 radical (unpaired) electrons. The van der Waals surface area contributed by atoms with Gasteiger partial charge in [0.25, 0.3) is 0 Å². The van der Waals surface area contributed by atoms with Gasteiger partial charge in [-0.15, -0.1) is 0 Å². The minimum atomic E-state index is 0. The molecule has 2 aromatic rings. The van der Waals surface area contributed by atoms with E-state index < -0.39 is 0 Å². The van der Waals surface area contributed by atoms with Crippen molar-refractivity contribution in [2.24, 2.45) is 0 Å². The molecule has 2 heteroatoms. The standard InChI is InChI=1S/2C5H5.C2H3N.Fe/c2*1-2-4-5-3-1;1-2-3;/h2*1-5H;1H3;/q-5;-1;;. The zero-order valence-electron chi connectivity index (χ0n) is 8.07. The summed E-state index contributed by atoms with van der Waals surface area (Å²) < 4.78 is 0. The van der Waals surface area contributed by atoms with Gasteiger partial charge in [-0.25, -0.2) is 12.1 Å². The molecule has 0 bridgehead atoms. The zero-order valence-corrected chi connectivity index (χ0v) is 9.18. The van der Waals surface area contributed by atoms with E-state index in [2.05, 4.69) is 0 Å². The van der Waals surface area contributed by atoms with Crippen LogP contribution in [0.4, 0.5) is 0 Å². The smallest absolute Gasteiger partial charge is 0.0587 e. The first-order valence-electron chi connectivity index (χ1n) is 4.06. The van der Waals surface area contributed by atoms with Crippen LogP contribution in [0.2, 0.25) is 0 Å². The maximum atomic E-state index is 7.32. The molecule has 0 unspecified atom stereocenters. The summed E-state index contributed by atoms with van der Waals surface area (Å²) in [4.78, 5) is 0. The van der Waals surface area contributed by atoms with Crippen LogP contribution in [0.25, 0.3) is 0 Å². The van der Waals surface area contributed by atoms with Crippen molar-refractivity contribution in [1.29, 1.82) is 5.26 Å². The first-order valence-corrected chi connectivity index (χ1v) is 4.06. The number of nitriles is 1. The fraction of sp³-hybridized carbons (Fsp3) is 0.0833. The van der Waals surface area contributed by atoms with Crippen LogP contribution in [0, 0.1) is 11.3 Å². The van der Waals surface area contributed by atoms with E-state index in [9.17, 15) is 0 Å². The summed E-state index contributed by atoms with van der Waals surface area (Å²) >= 11 is 0. The van der Waals surface area contributed by atoms with Gasteiger partial charge in [0.2, 0.25) is 0 Å². The van der Waals surface area contributed by atoms with E-state index in [4.69, 9.17) is 5.26 Å². The van der Waals surface area contributed by atoms with E-state index in [1.54, 1.807) is 6.07 Å². The van der Waals surface area contributed by atoms with E-state index in [1.165, 1.54) is 6.92 Å². The summed E-state index contributed by atoms with van der Waals surface area (Å²) in [5.41, 5.74) is 0. The van der Waals surface area contributed by atoms with Gasteiger partial charge in [0.15, 0.2) is 0 Å². The summed E-state index contributed by atoms with van der Waals surface area (Å²) in [6, 6.07) is 21.8. The topological polar surface area (TPSA) is 23.8 Å². The van der Waals surface area contributed by atoms with Crippen LogP contribution < -0.4 is 0 Å². The van der Waals surface area contributed by atoms with E-state index in [-0.39, 0.29) is 17.1 Å². The number of nitrogens with zero attached hydrogens (tertiary/aromatic N) is 1. The maximum absolute atomic E-state index is 7.32. The van der Waals surface area contributed by atoms with Crippen LogP contribution in [0.1, 0.15) is 6.92 Å². The second kappa shape index (κ2) is 14.2. The van der Waals surface area contributed by atoms with Crippen molar-refractivity contribution in [3.8, 4) is 6.07 Å². The molecule has 0 aromatic heterocycles. The van der Waals surface area contributed by atoms with Gasteiger partial charge in [0.1, 0.15) is 0 Å². The summed E-state index contributed by atoms with van der Waals surface area (Å²) in [5.74, 6) is 0. The van der Waals surface area contributed by atoms with Gasteiger partial charge in [0.05, 0.1) is 6.07 Å². The van der Waals surface area contributed by atoms with Gasteiger partial charge in [-0.3, -0.25) is 0 Å². The largest absolute Gasteiger partial charge is 0.748 e. The summed E-state index contributed by atoms with van der Waals surface area (Å²) in [6.45, 7) is 1.43. The summed E-state index contributed by atoms with van der Waals surface area (Å²) in [6.07, 6.45) is 0. The first-order chi connectivity index (χ1) is 6.41. The van der Waals surface area contributed by atoms with E-state index in [0.29, 0.717) is 0 Å². The van der Waals surface area contributed by atoms with E-state index in [0.717, 1.165) is 0 Å². The summed E-state index contributed by atoms with van der Waals surface area (Å²) in [7, 11) is 0. The molecule has 1 nitrogen and oxygen atoms in total. The molecular weight excluding hydrogens is 214 g/mol. The Hall–Kier alpha value is -1.29. The number of hydrogen-bond acceptors (Lipinski definition) is 1. The van der Waals surface area contributed by atoms with Crippen LogP contribution in [-0.4, -0.2) is 0 Å². The minimum Gasteiger partial charge on any atom is -0.748 e. The fourth-order valence-corrected chi connectivity index (χ4v) is 0.642. The molecule has 0 saturated carbocycles. The predicted molar refractivity (Wildman–Crippen MR) is 55.4 cm³/mol. The molecule has 0 spiro atoms. The molecule has 0 heterocycles. The molecule has 2 rings (SSSR count). The average molecular weight is 227 g/mol. The number of rotatable bonds is 0. The van der Waals surface area contributed by atoms with Crippen molar-refractivity contribution in [3.05, 3.63) is 60.7 Å². The van der Waals surface area contributed by atoms with Crippen molar-refractivity contribution < 1.29 is 17.1 Å². The Bertz CT molecular complexity index is 216. The Morgan fingerprint density at radius 1 is 0.929 bits per heavy atom. The van der Waals surface area contributed by atoms with Crippen LogP contribution in [0.15, 0.2) is 60.7 Å². The predicted octanol–water partition coefficient (Wildman–Crippen LogP) is 3.34. The van der Waals surface area contributed by atoms with Crippen LogP contribution in [0.5, 0.6) is 0 Å². The van der Waals surface area contributed by atoms with Crippen molar-refractivity contribution in [3.63, 3.8) is 0 Å². The minimum absolute atomic E-state index is 0. The molecule has 0 aliphatic rings. The van der Waals surface area contributed by atoms with Crippen LogP contribution >= 0.6 is 0 Å². The molecule has 0 aliphatic carbocycles. The normalized spacial score (nSPS) is 6.29. The van der Waals surface area contributed by atoms with Crippen LogP contribution in [-0.2, 0) is 17.1 Å². The Labute approximate surface area is 96.2 Å². The second-order valence-corrected chi connectivity index (χ2v) is 2.15. The van der Waals surface area contributed by atoms with E-state index >= 15 is 0 Å². The average Bonchev–Trinajstić information content (AvgIpc) is 2.85. The maximum Gasteiger partial charge on any atom is 0.0587 e. The Morgan fingerprint density at radius 2 is 1.21 bits per heavy atom. The van der Waals surface area contributed by atoms with Gasteiger partial charge in [-0.05, 0) is 0 Å². The molecule has 80 valence electrons. The third-order valence-electron chi connectivity index (χ3n) is 1.11. The Kier molecular flexibility index (Phi) is 15.5. The zero-order chi connectivity index (χ0) is 9.78. The van der Waals surface area contributed by atoms with Crippen molar-refractivity contribution in [2.75, 3.05) is 0 Å². The molecule has 0 atom stereocenters. The fourth-order valence-electron chi connectivity index (χ4n) is 0.642. The molecule has 0 aliphatic heterocycles.